The minimum Gasteiger partial charge on any atom is -0.465 e. The normalized spacial score (nSPS) is 17.9. The van der Waals surface area contributed by atoms with E-state index >= 15 is 0 Å². The van der Waals surface area contributed by atoms with Crippen molar-refractivity contribution in [1.82, 2.24) is 14.8 Å². The fourth-order valence-corrected chi connectivity index (χ4v) is 2.25. The summed E-state index contributed by atoms with van der Waals surface area (Å²) in [5.74, 6) is 1.29. The van der Waals surface area contributed by atoms with Crippen LogP contribution in [0.25, 0.3) is 0 Å². The number of nitrogens with zero attached hydrogens (tertiary/aromatic N) is 3. The molecule has 0 radical (unpaired) electrons. The Balaban J connectivity index is 2.34. The summed E-state index contributed by atoms with van der Waals surface area (Å²) in [5, 5.41) is 4.20. The maximum atomic E-state index is 12.0. The van der Waals surface area contributed by atoms with Crippen LogP contribution in [0.15, 0.2) is 0 Å². The van der Waals surface area contributed by atoms with Gasteiger partial charge >= 0.3 is 5.97 Å². The third-order valence-electron chi connectivity index (χ3n) is 3.17. The van der Waals surface area contributed by atoms with Gasteiger partial charge in [0, 0.05) is 7.05 Å². The van der Waals surface area contributed by atoms with Gasteiger partial charge in [0.25, 0.3) is 0 Å². The van der Waals surface area contributed by atoms with Crippen LogP contribution in [-0.4, -0.2) is 27.3 Å². The summed E-state index contributed by atoms with van der Waals surface area (Å²) < 4.78 is 6.85. The Morgan fingerprint density at radius 1 is 1.56 bits per heavy atom. The number of hydrogen-bond donors (Lipinski definition) is 0. The second kappa shape index (κ2) is 3.88. The molecule has 0 aliphatic heterocycles. The summed E-state index contributed by atoms with van der Waals surface area (Å²) >= 11 is 0. The number of aromatic nitrogens is 3. The molecule has 0 saturated heterocycles. The Hall–Kier alpha value is -1.39. The molecule has 0 aromatic carbocycles. The lowest BCUT2D eigenvalue weighted by molar-refractivity contribution is -0.154. The Kier molecular flexibility index (Phi) is 2.69. The van der Waals surface area contributed by atoms with Crippen molar-refractivity contribution < 1.29 is 9.53 Å². The molecule has 1 heterocycles. The molecule has 1 aliphatic carbocycles. The Labute approximate surface area is 94.8 Å². The van der Waals surface area contributed by atoms with Crippen LogP contribution >= 0.6 is 0 Å². The SMILES string of the molecule is CCOC(=O)C1(c2nc(C)nn2C)CCC1. The first kappa shape index (κ1) is 11.1. The second-order valence-corrected chi connectivity index (χ2v) is 4.26. The maximum Gasteiger partial charge on any atom is 0.319 e. The lowest BCUT2D eigenvalue weighted by Crippen LogP contribution is -2.45. The highest BCUT2D eigenvalue weighted by molar-refractivity contribution is 5.83. The predicted molar refractivity (Wildman–Crippen MR) is 57.9 cm³/mol. The van der Waals surface area contributed by atoms with E-state index in [0.29, 0.717) is 12.4 Å². The van der Waals surface area contributed by atoms with Crippen molar-refractivity contribution >= 4 is 5.97 Å². The van der Waals surface area contributed by atoms with E-state index in [9.17, 15) is 4.79 Å². The zero-order valence-corrected chi connectivity index (χ0v) is 9.99. The fraction of sp³-hybridized carbons (Fsp3) is 0.727. The van der Waals surface area contributed by atoms with Crippen LogP contribution < -0.4 is 0 Å². The monoisotopic (exact) mass is 223 g/mol. The van der Waals surface area contributed by atoms with E-state index in [1.165, 1.54) is 0 Å². The summed E-state index contributed by atoms with van der Waals surface area (Å²) in [5.41, 5.74) is -0.536. The van der Waals surface area contributed by atoms with Crippen LogP contribution in [0.3, 0.4) is 0 Å². The van der Waals surface area contributed by atoms with E-state index in [0.717, 1.165) is 25.1 Å². The molecular formula is C11H17N3O2. The van der Waals surface area contributed by atoms with Crippen LogP contribution in [-0.2, 0) is 22.0 Å². The molecule has 1 saturated carbocycles. The van der Waals surface area contributed by atoms with Gasteiger partial charge in [0.05, 0.1) is 6.61 Å². The van der Waals surface area contributed by atoms with Gasteiger partial charge in [-0.2, -0.15) is 5.10 Å². The molecule has 1 fully saturated rings. The second-order valence-electron chi connectivity index (χ2n) is 4.26. The van der Waals surface area contributed by atoms with Crippen molar-refractivity contribution in [3.8, 4) is 0 Å². The van der Waals surface area contributed by atoms with Crippen molar-refractivity contribution in [1.29, 1.82) is 0 Å². The first-order valence-electron chi connectivity index (χ1n) is 5.65. The number of esters is 1. The Morgan fingerprint density at radius 3 is 2.62 bits per heavy atom. The highest BCUT2D eigenvalue weighted by Crippen LogP contribution is 2.43. The molecule has 5 heteroatoms. The smallest absolute Gasteiger partial charge is 0.319 e. The highest BCUT2D eigenvalue weighted by Gasteiger charge is 2.50. The molecule has 0 N–H and O–H groups in total. The molecule has 16 heavy (non-hydrogen) atoms. The van der Waals surface area contributed by atoms with Crippen molar-refractivity contribution in [3.63, 3.8) is 0 Å². The average Bonchev–Trinajstić information content (AvgIpc) is 2.45. The minimum atomic E-state index is -0.536. The maximum absolute atomic E-state index is 12.0. The summed E-state index contributed by atoms with van der Waals surface area (Å²) in [6, 6.07) is 0. The average molecular weight is 223 g/mol. The lowest BCUT2D eigenvalue weighted by Gasteiger charge is -2.37. The topological polar surface area (TPSA) is 57.0 Å². The summed E-state index contributed by atoms with van der Waals surface area (Å²) in [7, 11) is 1.83. The minimum absolute atomic E-state index is 0.156. The highest BCUT2D eigenvalue weighted by atomic mass is 16.5. The zero-order chi connectivity index (χ0) is 11.8. The van der Waals surface area contributed by atoms with Gasteiger partial charge in [0.15, 0.2) is 0 Å². The molecule has 2 rings (SSSR count). The number of ether oxygens (including phenoxy) is 1. The quantitative estimate of drug-likeness (QED) is 0.720. The van der Waals surface area contributed by atoms with Gasteiger partial charge in [-0.1, -0.05) is 6.42 Å². The van der Waals surface area contributed by atoms with Crippen LogP contribution in [0.5, 0.6) is 0 Å². The van der Waals surface area contributed by atoms with Crippen LogP contribution in [0.1, 0.15) is 37.8 Å². The van der Waals surface area contributed by atoms with E-state index in [2.05, 4.69) is 10.1 Å². The van der Waals surface area contributed by atoms with Crippen LogP contribution in [0.4, 0.5) is 0 Å². The third-order valence-corrected chi connectivity index (χ3v) is 3.17. The fourth-order valence-electron chi connectivity index (χ4n) is 2.25. The van der Waals surface area contributed by atoms with E-state index in [4.69, 9.17) is 4.74 Å². The molecule has 1 aromatic heterocycles. The van der Waals surface area contributed by atoms with E-state index in [-0.39, 0.29) is 5.97 Å². The van der Waals surface area contributed by atoms with Crippen LogP contribution in [0, 0.1) is 6.92 Å². The van der Waals surface area contributed by atoms with Gasteiger partial charge in [-0.3, -0.25) is 9.48 Å². The van der Waals surface area contributed by atoms with Gasteiger partial charge in [-0.05, 0) is 26.7 Å². The van der Waals surface area contributed by atoms with Gasteiger partial charge in [-0.25, -0.2) is 4.98 Å². The van der Waals surface area contributed by atoms with E-state index in [1.54, 1.807) is 4.68 Å². The Morgan fingerprint density at radius 2 is 2.25 bits per heavy atom. The summed E-state index contributed by atoms with van der Waals surface area (Å²) in [6.45, 7) is 4.07. The van der Waals surface area contributed by atoms with Gasteiger partial charge in [0.2, 0.25) is 0 Å². The number of aryl methyl sites for hydroxylation is 2. The number of carbonyl (C=O) groups is 1. The molecular weight excluding hydrogens is 206 g/mol. The van der Waals surface area contributed by atoms with Crippen molar-refractivity contribution in [2.24, 2.45) is 7.05 Å². The van der Waals surface area contributed by atoms with Gasteiger partial charge in [-0.15, -0.1) is 0 Å². The molecule has 1 aliphatic rings. The predicted octanol–water partition coefficient (Wildman–Crippen LogP) is 1.11. The largest absolute Gasteiger partial charge is 0.465 e. The molecule has 88 valence electrons. The lowest BCUT2D eigenvalue weighted by atomic mass is 9.68. The molecule has 0 amide bonds. The molecule has 0 bridgehead atoms. The summed E-state index contributed by atoms with van der Waals surface area (Å²) in [4.78, 5) is 16.4. The summed E-state index contributed by atoms with van der Waals surface area (Å²) in [6.07, 6.45) is 2.68. The number of hydrogen-bond acceptors (Lipinski definition) is 4. The molecule has 0 spiro atoms. The van der Waals surface area contributed by atoms with Gasteiger partial charge < -0.3 is 4.74 Å². The van der Waals surface area contributed by atoms with Crippen LogP contribution in [0.2, 0.25) is 0 Å². The molecule has 5 nitrogen and oxygen atoms in total. The first-order valence-corrected chi connectivity index (χ1v) is 5.65. The third kappa shape index (κ3) is 1.50. The standard InChI is InChI=1S/C11H17N3O2/c1-4-16-10(15)11(6-5-7-11)9-12-8(2)13-14(9)3/h4-7H2,1-3H3. The van der Waals surface area contributed by atoms with Crippen molar-refractivity contribution in [2.75, 3.05) is 6.61 Å². The van der Waals surface area contributed by atoms with E-state index < -0.39 is 5.41 Å². The molecule has 0 unspecified atom stereocenters. The number of rotatable bonds is 3. The van der Waals surface area contributed by atoms with E-state index in [1.807, 2.05) is 20.9 Å². The molecule has 1 aromatic rings. The zero-order valence-electron chi connectivity index (χ0n) is 9.99. The van der Waals surface area contributed by atoms with Crippen molar-refractivity contribution in [3.05, 3.63) is 11.6 Å². The Bertz CT molecular complexity index is 407. The first-order chi connectivity index (χ1) is 7.60. The van der Waals surface area contributed by atoms with Crippen molar-refractivity contribution in [2.45, 2.75) is 38.5 Å². The van der Waals surface area contributed by atoms with Gasteiger partial charge in [0.1, 0.15) is 17.1 Å². The number of carbonyl (C=O) groups excluding carboxylic acids is 1. The molecule has 0 atom stereocenters.